The Labute approximate surface area is 104 Å². The third-order valence-corrected chi connectivity index (χ3v) is 3.49. The second kappa shape index (κ2) is 5.32. The molecule has 1 N–H and O–H groups in total. The Kier molecular flexibility index (Phi) is 3.80. The Hall–Kier alpha value is -1.06. The van der Waals surface area contributed by atoms with E-state index < -0.39 is 0 Å². The summed E-state index contributed by atoms with van der Waals surface area (Å²) in [7, 11) is 0. The largest absolute Gasteiger partial charge is 0.379 e. The number of rotatable bonds is 4. The van der Waals surface area contributed by atoms with Gasteiger partial charge in [0.1, 0.15) is 5.01 Å². The summed E-state index contributed by atoms with van der Waals surface area (Å²) in [5.74, 6) is 0.561. The molecule has 0 aliphatic heterocycles. The van der Waals surface area contributed by atoms with Gasteiger partial charge in [0.15, 0.2) is 0 Å². The highest BCUT2D eigenvalue weighted by Crippen LogP contribution is 2.14. The summed E-state index contributed by atoms with van der Waals surface area (Å²) in [4.78, 5) is 4.39. The topological polar surface area (TPSA) is 24.9 Å². The standard InChI is InChI=1S/C12H13ClN2S/c1-9-8-16-12(15-9)7-14-11-4-2-10(6-13)3-5-11/h2-5,8,14H,6-7H2,1H3. The van der Waals surface area contributed by atoms with Crippen molar-refractivity contribution in [2.75, 3.05) is 5.32 Å². The molecule has 0 saturated heterocycles. The lowest BCUT2D eigenvalue weighted by Gasteiger charge is -2.04. The minimum absolute atomic E-state index is 0.561. The molecule has 1 aromatic heterocycles. The highest BCUT2D eigenvalue weighted by atomic mass is 35.5. The first-order chi connectivity index (χ1) is 7.78. The van der Waals surface area contributed by atoms with Crippen molar-refractivity contribution in [3.05, 3.63) is 45.9 Å². The molecule has 16 heavy (non-hydrogen) atoms. The van der Waals surface area contributed by atoms with Crippen LogP contribution in [0.1, 0.15) is 16.3 Å². The van der Waals surface area contributed by atoms with Gasteiger partial charge in [-0.3, -0.25) is 0 Å². The van der Waals surface area contributed by atoms with Crippen LogP contribution in [-0.4, -0.2) is 4.98 Å². The van der Waals surface area contributed by atoms with Crippen molar-refractivity contribution in [2.24, 2.45) is 0 Å². The van der Waals surface area contributed by atoms with E-state index in [0.717, 1.165) is 28.5 Å². The average molecular weight is 253 g/mol. The molecule has 0 amide bonds. The molecule has 0 unspecified atom stereocenters. The maximum absolute atomic E-state index is 5.73. The van der Waals surface area contributed by atoms with E-state index in [2.05, 4.69) is 15.7 Å². The van der Waals surface area contributed by atoms with Crippen molar-refractivity contribution >= 4 is 28.6 Å². The van der Waals surface area contributed by atoms with E-state index in [1.807, 2.05) is 31.2 Å². The van der Waals surface area contributed by atoms with Crippen LogP contribution in [0.3, 0.4) is 0 Å². The van der Waals surface area contributed by atoms with Crippen LogP contribution in [0.4, 0.5) is 5.69 Å². The second-order valence-electron chi connectivity index (χ2n) is 3.57. The van der Waals surface area contributed by atoms with Crippen molar-refractivity contribution in [3.8, 4) is 0 Å². The molecule has 84 valence electrons. The minimum atomic E-state index is 0.561. The first-order valence-electron chi connectivity index (χ1n) is 5.08. The third kappa shape index (κ3) is 2.97. The van der Waals surface area contributed by atoms with Gasteiger partial charge in [-0.1, -0.05) is 12.1 Å². The first-order valence-corrected chi connectivity index (χ1v) is 6.49. The minimum Gasteiger partial charge on any atom is -0.379 e. The van der Waals surface area contributed by atoms with Gasteiger partial charge < -0.3 is 5.32 Å². The van der Waals surface area contributed by atoms with Crippen LogP contribution in [0.5, 0.6) is 0 Å². The predicted molar refractivity (Wildman–Crippen MR) is 70.2 cm³/mol. The smallest absolute Gasteiger partial charge is 0.112 e. The van der Waals surface area contributed by atoms with Crippen LogP contribution in [0.15, 0.2) is 29.6 Å². The van der Waals surface area contributed by atoms with E-state index in [1.54, 1.807) is 11.3 Å². The summed E-state index contributed by atoms with van der Waals surface area (Å²) in [5, 5.41) is 6.50. The van der Waals surface area contributed by atoms with Crippen molar-refractivity contribution in [1.82, 2.24) is 4.98 Å². The van der Waals surface area contributed by atoms with E-state index in [1.165, 1.54) is 0 Å². The van der Waals surface area contributed by atoms with Crippen LogP contribution >= 0.6 is 22.9 Å². The molecule has 0 aliphatic rings. The predicted octanol–water partition coefficient (Wildman–Crippen LogP) is 3.80. The van der Waals surface area contributed by atoms with Gasteiger partial charge in [0.2, 0.25) is 0 Å². The number of halogens is 1. The Balaban J connectivity index is 1.94. The molecule has 1 heterocycles. The molecule has 0 atom stereocenters. The summed E-state index contributed by atoms with van der Waals surface area (Å²) >= 11 is 7.41. The summed E-state index contributed by atoms with van der Waals surface area (Å²) in [6.45, 7) is 2.79. The summed E-state index contributed by atoms with van der Waals surface area (Å²) in [6.07, 6.45) is 0. The van der Waals surface area contributed by atoms with E-state index >= 15 is 0 Å². The monoisotopic (exact) mass is 252 g/mol. The zero-order chi connectivity index (χ0) is 11.4. The summed E-state index contributed by atoms with van der Waals surface area (Å²) in [5.41, 5.74) is 3.32. The quantitative estimate of drug-likeness (QED) is 0.838. The van der Waals surface area contributed by atoms with Gasteiger partial charge >= 0.3 is 0 Å². The molecular weight excluding hydrogens is 240 g/mol. The van der Waals surface area contributed by atoms with Gasteiger partial charge in [-0.2, -0.15) is 0 Å². The molecule has 1 aromatic carbocycles. The number of nitrogens with one attached hydrogen (secondary N) is 1. The molecule has 0 fully saturated rings. The number of alkyl halides is 1. The van der Waals surface area contributed by atoms with Gasteiger partial charge in [0.05, 0.1) is 6.54 Å². The maximum Gasteiger partial charge on any atom is 0.112 e. The fourth-order valence-electron chi connectivity index (χ4n) is 1.37. The van der Waals surface area contributed by atoms with Crippen molar-refractivity contribution in [1.29, 1.82) is 0 Å². The van der Waals surface area contributed by atoms with Crippen LogP contribution in [0.25, 0.3) is 0 Å². The van der Waals surface area contributed by atoms with Crippen molar-refractivity contribution in [2.45, 2.75) is 19.3 Å². The SMILES string of the molecule is Cc1csc(CNc2ccc(CCl)cc2)n1. The number of aromatic nitrogens is 1. The normalized spacial score (nSPS) is 10.4. The van der Waals surface area contributed by atoms with E-state index in [-0.39, 0.29) is 0 Å². The molecule has 0 radical (unpaired) electrons. The number of anilines is 1. The summed E-state index contributed by atoms with van der Waals surface area (Å²) in [6, 6.07) is 8.14. The zero-order valence-corrected chi connectivity index (χ0v) is 10.6. The lowest BCUT2D eigenvalue weighted by atomic mass is 10.2. The molecule has 0 aliphatic carbocycles. The number of hydrogen-bond donors (Lipinski definition) is 1. The first kappa shape index (κ1) is 11.4. The van der Waals surface area contributed by atoms with Gasteiger partial charge in [0.25, 0.3) is 0 Å². The molecule has 2 rings (SSSR count). The zero-order valence-electron chi connectivity index (χ0n) is 9.03. The molecule has 2 aromatic rings. The van der Waals surface area contributed by atoms with Crippen LogP contribution in [0, 0.1) is 6.92 Å². The Morgan fingerprint density at radius 3 is 2.62 bits per heavy atom. The van der Waals surface area contributed by atoms with Gasteiger partial charge in [0, 0.05) is 22.6 Å². The van der Waals surface area contributed by atoms with E-state index in [4.69, 9.17) is 11.6 Å². The van der Waals surface area contributed by atoms with Crippen molar-refractivity contribution in [3.63, 3.8) is 0 Å². The summed E-state index contributed by atoms with van der Waals surface area (Å²) < 4.78 is 0. The van der Waals surface area contributed by atoms with Crippen LogP contribution in [0.2, 0.25) is 0 Å². The van der Waals surface area contributed by atoms with Crippen LogP contribution in [-0.2, 0) is 12.4 Å². The fourth-order valence-corrected chi connectivity index (χ4v) is 2.26. The Bertz CT molecular complexity index is 450. The highest BCUT2D eigenvalue weighted by molar-refractivity contribution is 7.09. The molecule has 2 nitrogen and oxygen atoms in total. The lowest BCUT2D eigenvalue weighted by molar-refractivity contribution is 1.08. The molecule has 0 bridgehead atoms. The second-order valence-corrected chi connectivity index (χ2v) is 4.78. The average Bonchev–Trinajstić information content (AvgIpc) is 2.73. The van der Waals surface area contributed by atoms with Crippen molar-refractivity contribution < 1.29 is 0 Å². The van der Waals surface area contributed by atoms with Gasteiger partial charge in [-0.25, -0.2) is 4.98 Å². The number of nitrogens with zero attached hydrogens (tertiary/aromatic N) is 1. The number of aryl methyl sites for hydroxylation is 1. The lowest BCUT2D eigenvalue weighted by Crippen LogP contribution is -1.98. The third-order valence-electron chi connectivity index (χ3n) is 2.22. The number of hydrogen-bond acceptors (Lipinski definition) is 3. The van der Waals surface area contributed by atoms with E-state index in [9.17, 15) is 0 Å². The van der Waals surface area contributed by atoms with Crippen LogP contribution < -0.4 is 5.32 Å². The fraction of sp³-hybridized carbons (Fsp3) is 0.250. The molecule has 4 heteroatoms. The molecule has 0 saturated carbocycles. The van der Waals surface area contributed by atoms with E-state index in [0.29, 0.717) is 5.88 Å². The van der Waals surface area contributed by atoms with Gasteiger partial charge in [-0.15, -0.1) is 22.9 Å². The highest BCUT2D eigenvalue weighted by Gasteiger charge is 1.98. The Morgan fingerprint density at radius 2 is 2.06 bits per heavy atom. The Morgan fingerprint density at radius 1 is 1.31 bits per heavy atom. The number of thiazole rings is 1. The molecular formula is C12H13ClN2S. The molecule has 0 spiro atoms. The van der Waals surface area contributed by atoms with Gasteiger partial charge in [-0.05, 0) is 24.6 Å². The number of benzene rings is 1. The maximum atomic E-state index is 5.73.